The number of morpholine rings is 1. The van der Waals surface area contributed by atoms with E-state index < -0.39 is 4.92 Å². The monoisotopic (exact) mass is 344 g/mol. The first-order valence-electron chi connectivity index (χ1n) is 6.19. The first kappa shape index (κ1) is 16.7. The van der Waals surface area contributed by atoms with Gasteiger partial charge in [-0.05, 0) is 0 Å². The predicted octanol–water partition coefficient (Wildman–Crippen LogP) is -1.74. The largest absolute Gasteiger partial charge is 1.00 e. The van der Waals surface area contributed by atoms with Gasteiger partial charge in [0, 0.05) is 17.7 Å². The van der Waals surface area contributed by atoms with Gasteiger partial charge in [0.15, 0.2) is 0 Å². The molecule has 1 aromatic carbocycles. The summed E-state index contributed by atoms with van der Waals surface area (Å²) in [5, 5.41) is 10.7. The van der Waals surface area contributed by atoms with Gasteiger partial charge in [-0.3, -0.25) is 14.9 Å². The van der Waals surface area contributed by atoms with E-state index in [0.717, 1.165) is 13.1 Å². The Hall–Kier alpha value is -1.31. The van der Waals surface area contributed by atoms with Crippen LogP contribution in [-0.2, 0) is 4.74 Å². The smallest absolute Gasteiger partial charge is 0.270 e. The number of nitro groups is 1. The lowest BCUT2D eigenvalue weighted by Gasteiger charge is -2.36. The first-order valence-corrected chi connectivity index (χ1v) is 6.19. The van der Waals surface area contributed by atoms with E-state index in [9.17, 15) is 14.9 Å². The molecule has 0 spiro atoms. The van der Waals surface area contributed by atoms with Crippen LogP contribution in [0.1, 0.15) is 10.4 Å². The Labute approximate surface area is 127 Å². The molecule has 1 saturated heterocycles. The van der Waals surface area contributed by atoms with E-state index in [-0.39, 0.29) is 28.5 Å². The van der Waals surface area contributed by atoms with Crippen molar-refractivity contribution in [3.8, 4) is 0 Å². The minimum atomic E-state index is -0.484. The van der Waals surface area contributed by atoms with Crippen LogP contribution in [0.4, 0.5) is 5.69 Å². The lowest BCUT2D eigenvalue weighted by Crippen LogP contribution is -3.00. The summed E-state index contributed by atoms with van der Waals surface area (Å²) < 4.78 is 5.91. The summed E-state index contributed by atoms with van der Waals surface area (Å²) in [6.45, 7) is 3.24. The number of benzene rings is 1. The summed E-state index contributed by atoms with van der Waals surface area (Å²) in [6.07, 6.45) is 0. The summed E-state index contributed by atoms with van der Waals surface area (Å²) in [7, 11) is 2.01. The fourth-order valence-corrected chi connectivity index (χ4v) is 2.17. The molecule has 2 rings (SSSR count). The highest BCUT2D eigenvalue weighted by Gasteiger charge is 2.29. The van der Waals surface area contributed by atoms with Crippen LogP contribution in [0.25, 0.3) is 0 Å². The molecule has 1 aromatic rings. The summed E-state index contributed by atoms with van der Waals surface area (Å²) in [4.78, 5) is 22.4. The second-order valence-corrected chi connectivity index (χ2v) is 5.07. The van der Waals surface area contributed by atoms with Gasteiger partial charge in [-0.15, -0.1) is 0 Å². The van der Waals surface area contributed by atoms with Crippen LogP contribution in [0.15, 0.2) is 24.3 Å². The molecule has 0 saturated carbocycles. The quantitative estimate of drug-likeness (QED) is 0.281. The Balaban J connectivity index is 0.00000200. The van der Waals surface area contributed by atoms with Crippen LogP contribution in [-0.4, -0.2) is 55.1 Å². The zero-order chi connectivity index (χ0) is 13.9. The molecule has 1 aliphatic rings. The van der Waals surface area contributed by atoms with Gasteiger partial charge in [-0.2, -0.15) is 0 Å². The number of ketones is 1. The fraction of sp³-hybridized carbons (Fsp3) is 0.462. The van der Waals surface area contributed by atoms with Crippen LogP contribution in [0.3, 0.4) is 0 Å². The number of nitro benzene ring substituents is 1. The molecule has 0 aromatic heterocycles. The van der Waals surface area contributed by atoms with Gasteiger partial charge in [0.2, 0.25) is 5.78 Å². The van der Waals surface area contributed by atoms with Gasteiger partial charge in [0.25, 0.3) is 5.69 Å². The maximum Gasteiger partial charge on any atom is 0.270 e. The van der Waals surface area contributed by atoms with Crippen molar-refractivity contribution in [2.75, 3.05) is 39.9 Å². The molecule has 110 valence electrons. The first-order chi connectivity index (χ1) is 9.00. The number of rotatable bonds is 4. The van der Waals surface area contributed by atoms with E-state index in [1.54, 1.807) is 12.1 Å². The van der Waals surface area contributed by atoms with E-state index in [4.69, 9.17) is 4.74 Å². The zero-order valence-electron chi connectivity index (χ0n) is 11.3. The average Bonchev–Trinajstić information content (AvgIpc) is 2.39. The van der Waals surface area contributed by atoms with Gasteiger partial charge < -0.3 is 26.2 Å². The van der Waals surface area contributed by atoms with Gasteiger partial charge in [0.05, 0.1) is 25.2 Å². The molecule has 1 aliphatic heterocycles. The zero-order valence-corrected chi connectivity index (χ0v) is 12.8. The number of carbonyl (C=O) groups is 1. The molecular weight excluding hydrogens is 328 g/mol. The van der Waals surface area contributed by atoms with Crippen molar-refractivity contribution in [1.82, 2.24) is 0 Å². The summed E-state index contributed by atoms with van der Waals surface area (Å²) in [5.74, 6) is -0.0619. The molecule has 0 bridgehead atoms. The summed E-state index contributed by atoms with van der Waals surface area (Å²) in [6, 6.07) is 5.91. The van der Waals surface area contributed by atoms with Gasteiger partial charge >= 0.3 is 0 Å². The maximum atomic E-state index is 12.2. The topological polar surface area (TPSA) is 69.4 Å². The van der Waals surface area contributed by atoms with Crippen LogP contribution in [0, 0.1) is 10.1 Å². The molecule has 1 heterocycles. The molecule has 7 heteroatoms. The Morgan fingerprint density at radius 3 is 2.65 bits per heavy atom. The molecule has 0 radical (unpaired) electrons. The minimum Gasteiger partial charge on any atom is -1.00 e. The van der Waals surface area contributed by atoms with Crippen LogP contribution < -0.4 is 17.0 Å². The van der Waals surface area contributed by atoms with Crippen molar-refractivity contribution < 1.29 is 35.9 Å². The summed E-state index contributed by atoms with van der Waals surface area (Å²) in [5.41, 5.74) is 0.357. The number of hydrogen-bond acceptors (Lipinski definition) is 4. The van der Waals surface area contributed by atoms with Gasteiger partial charge in [-0.1, -0.05) is 12.1 Å². The second kappa shape index (κ2) is 6.92. The lowest BCUT2D eigenvalue weighted by atomic mass is 10.1. The predicted molar refractivity (Wildman–Crippen MR) is 69.0 cm³/mol. The molecule has 6 nitrogen and oxygen atoms in total. The second-order valence-electron chi connectivity index (χ2n) is 5.07. The Morgan fingerprint density at radius 2 is 2.05 bits per heavy atom. The van der Waals surface area contributed by atoms with Crippen molar-refractivity contribution in [1.29, 1.82) is 0 Å². The van der Waals surface area contributed by atoms with Crippen molar-refractivity contribution in [3.63, 3.8) is 0 Å². The molecule has 0 amide bonds. The van der Waals surface area contributed by atoms with E-state index in [1.807, 2.05) is 7.05 Å². The van der Waals surface area contributed by atoms with Crippen molar-refractivity contribution >= 4 is 11.5 Å². The number of quaternary nitrogens is 1. The van der Waals surface area contributed by atoms with Crippen molar-refractivity contribution in [2.24, 2.45) is 0 Å². The minimum absolute atomic E-state index is 0. The number of carbonyl (C=O) groups excluding carboxylic acids is 1. The molecule has 20 heavy (non-hydrogen) atoms. The number of Topliss-reactive ketones (excluding diaryl/α,β-unsaturated/α-hetero) is 1. The highest BCUT2D eigenvalue weighted by Crippen LogP contribution is 2.16. The van der Waals surface area contributed by atoms with E-state index in [2.05, 4.69) is 0 Å². The number of ether oxygens (including phenoxy) is 1. The van der Waals surface area contributed by atoms with Crippen LogP contribution >= 0.6 is 0 Å². The number of likely N-dealkylation sites (N-methyl/N-ethyl adjacent to an activating group) is 1. The summed E-state index contributed by atoms with van der Waals surface area (Å²) >= 11 is 0. The van der Waals surface area contributed by atoms with Crippen molar-refractivity contribution in [2.45, 2.75) is 0 Å². The van der Waals surface area contributed by atoms with E-state index >= 15 is 0 Å². The molecule has 0 aliphatic carbocycles. The third kappa shape index (κ3) is 4.09. The van der Waals surface area contributed by atoms with Crippen LogP contribution in [0.2, 0.25) is 0 Å². The van der Waals surface area contributed by atoms with E-state index in [1.165, 1.54) is 12.1 Å². The third-order valence-corrected chi connectivity index (χ3v) is 3.46. The van der Waals surface area contributed by atoms with Crippen molar-refractivity contribution in [3.05, 3.63) is 39.9 Å². The Morgan fingerprint density at radius 1 is 1.40 bits per heavy atom. The normalized spacial score (nSPS) is 17.1. The SMILES string of the molecule is C[N+]1(CC(=O)c2cccc([N+](=O)[O-])c2)CCOCC1.[Br-]. The number of hydrogen-bond donors (Lipinski definition) is 0. The number of nitrogens with zero attached hydrogens (tertiary/aromatic N) is 2. The lowest BCUT2D eigenvalue weighted by molar-refractivity contribution is -0.908. The molecule has 1 fully saturated rings. The molecular formula is C13H17BrN2O4. The number of halogens is 1. The standard InChI is InChI=1S/C13H17N2O4.BrH/c1-15(5-7-19-8-6-15)10-13(16)11-3-2-4-12(9-11)14(17)18;/h2-4,9H,5-8,10H2,1H3;1H/q+1;/p-1. The maximum absolute atomic E-state index is 12.2. The molecule has 0 atom stereocenters. The Kier molecular flexibility index (Phi) is 5.79. The highest BCUT2D eigenvalue weighted by molar-refractivity contribution is 5.97. The number of non-ortho nitro benzene ring substituents is 1. The fourth-order valence-electron chi connectivity index (χ4n) is 2.17. The third-order valence-electron chi connectivity index (χ3n) is 3.46. The average molecular weight is 345 g/mol. The van der Waals surface area contributed by atoms with Gasteiger partial charge in [-0.25, -0.2) is 0 Å². The van der Waals surface area contributed by atoms with E-state index in [0.29, 0.717) is 29.8 Å². The highest BCUT2D eigenvalue weighted by atomic mass is 79.9. The van der Waals surface area contributed by atoms with Crippen LogP contribution in [0.5, 0.6) is 0 Å². The van der Waals surface area contributed by atoms with Gasteiger partial charge in [0.1, 0.15) is 19.6 Å². The molecule has 0 N–H and O–H groups in total. The molecule has 0 unspecified atom stereocenters. The Bertz CT molecular complexity index is 501.